The van der Waals surface area contributed by atoms with Gasteiger partial charge in [0.15, 0.2) is 0 Å². The van der Waals surface area contributed by atoms with Gasteiger partial charge in [-0.25, -0.2) is 9.18 Å². The quantitative estimate of drug-likeness (QED) is 0.222. The third-order valence-electron chi connectivity index (χ3n) is 7.25. The molecule has 0 heterocycles. The topological polar surface area (TPSA) is 73.9 Å². The second kappa shape index (κ2) is 13.8. The van der Waals surface area contributed by atoms with Crippen LogP contribution in [0.3, 0.4) is 0 Å². The standard InChI is InChI=1S/C37H46FNO5/c1-24(39-35(41)44-37(5,6)7)30-12-10-13-31(34(30)38)29-20-26(18-17-25-15-16-25)19-27(21-29)23-42-32-14-9-8-11-28(32)22-33(40)43-36(2,3)4/h8-14,19-21,24-25H,15-18,22-23H2,1-7H3,(H,39,41)/t24-/m1/s1. The lowest BCUT2D eigenvalue weighted by molar-refractivity contribution is -0.153. The van der Waals surface area contributed by atoms with Crippen molar-refractivity contribution in [3.8, 4) is 16.9 Å². The van der Waals surface area contributed by atoms with Gasteiger partial charge in [0.1, 0.15) is 29.4 Å². The van der Waals surface area contributed by atoms with E-state index in [-0.39, 0.29) is 24.8 Å². The van der Waals surface area contributed by atoms with E-state index < -0.39 is 23.3 Å². The Morgan fingerprint density at radius 3 is 2.27 bits per heavy atom. The molecule has 0 aliphatic heterocycles. The predicted octanol–water partition coefficient (Wildman–Crippen LogP) is 8.88. The fraction of sp³-hybridized carbons (Fsp3) is 0.459. The molecule has 236 valence electrons. The molecule has 0 radical (unpaired) electrons. The number of amides is 1. The number of carbonyl (C=O) groups is 2. The van der Waals surface area contributed by atoms with Gasteiger partial charge >= 0.3 is 12.1 Å². The van der Waals surface area contributed by atoms with E-state index in [0.29, 0.717) is 16.9 Å². The van der Waals surface area contributed by atoms with Gasteiger partial charge in [0.05, 0.1) is 12.5 Å². The number of hydrogen-bond donors (Lipinski definition) is 1. The van der Waals surface area contributed by atoms with Gasteiger partial charge in [-0.1, -0.05) is 61.4 Å². The Kier molecular flexibility index (Phi) is 10.4. The molecule has 0 unspecified atom stereocenters. The van der Waals surface area contributed by atoms with Crippen LogP contribution < -0.4 is 10.1 Å². The zero-order valence-corrected chi connectivity index (χ0v) is 27.1. The van der Waals surface area contributed by atoms with E-state index in [0.717, 1.165) is 41.0 Å². The van der Waals surface area contributed by atoms with Crippen molar-refractivity contribution >= 4 is 12.1 Å². The molecule has 1 fully saturated rings. The summed E-state index contributed by atoms with van der Waals surface area (Å²) >= 11 is 0. The molecule has 0 spiro atoms. The van der Waals surface area contributed by atoms with E-state index in [2.05, 4.69) is 17.4 Å². The van der Waals surface area contributed by atoms with Gasteiger partial charge in [0.2, 0.25) is 0 Å². The number of aryl methyl sites for hydroxylation is 1. The van der Waals surface area contributed by atoms with Crippen molar-refractivity contribution in [3.63, 3.8) is 0 Å². The Hall–Kier alpha value is -3.87. The molecule has 1 aliphatic rings. The molecular formula is C37H46FNO5. The van der Waals surface area contributed by atoms with Gasteiger partial charge in [-0.2, -0.15) is 0 Å². The molecule has 1 aliphatic carbocycles. The van der Waals surface area contributed by atoms with Crippen LogP contribution in [-0.4, -0.2) is 23.3 Å². The van der Waals surface area contributed by atoms with Crippen LogP contribution in [0.4, 0.5) is 9.18 Å². The van der Waals surface area contributed by atoms with E-state index in [1.807, 2.05) is 51.1 Å². The van der Waals surface area contributed by atoms with E-state index >= 15 is 4.39 Å². The predicted molar refractivity (Wildman–Crippen MR) is 171 cm³/mol. The Labute approximate surface area is 261 Å². The van der Waals surface area contributed by atoms with Gasteiger partial charge in [-0.15, -0.1) is 0 Å². The van der Waals surface area contributed by atoms with Gasteiger partial charge in [-0.3, -0.25) is 4.79 Å². The van der Waals surface area contributed by atoms with Gasteiger partial charge in [0, 0.05) is 16.7 Å². The minimum atomic E-state index is -0.653. The Morgan fingerprint density at radius 1 is 0.909 bits per heavy atom. The van der Waals surface area contributed by atoms with Crippen LogP contribution in [0, 0.1) is 11.7 Å². The van der Waals surface area contributed by atoms with Gasteiger partial charge in [0.25, 0.3) is 0 Å². The maximum Gasteiger partial charge on any atom is 0.408 e. The first-order valence-electron chi connectivity index (χ1n) is 15.5. The minimum Gasteiger partial charge on any atom is -0.489 e. The van der Waals surface area contributed by atoms with Crippen LogP contribution >= 0.6 is 0 Å². The van der Waals surface area contributed by atoms with Crippen LogP contribution in [-0.2, 0) is 33.7 Å². The highest BCUT2D eigenvalue weighted by Crippen LogP contribution is 2.35. The number of nitrogens with one attached hydrogen (secondary N) is 1. The highest BCUT2D eigenvalue weighted by Gasteiger charge is 2.23. The molecule has 1 N–H and O–H groups in total. The van der Waals surface area contributed by atoms with Crippen molar-refractivity contribution in [2.45, 2.75) is 104 Å². The zero-order chi connectivity index (χ0) is 32.1. The van der Waals surface area contributed by atoms with E-state index in [1.54, 1.807) is 45.9 Å². The molecule has 44 heavy (non-hydrogen) atoms. The molecule has 3 aromatic rings. The monoisotopic (exact) mass is 603 g/mol. The second-order valence-electron chi connectivity index (χ2n) is 13.8. The SMILES string of the molecule is C[C@@H](NC(=O)OC(C)(C)C)c1cccc(-c2cc(CCC3CC3)cc(COc3ccccc3CC(=O)OC(C)(C)C)c2)c1F. The summed E-state index contributed by atoms with van der Waals surface area (Å²) in [5.41, 5.74) is 3.15. The molecule has 0 saturated heterocycles. The summed E-state index contributed by atoms with van der Waals surface area (Å²) in [6, 6.07) is 18.2. The molecule has 6 nitrogen and oxygen atoms in total. The van der Waals surface area contributed by atoms with Crippen molar-refractivity contribution in [1.29, 1.82) is 0 Å². The average Bonchev–Trinajstić information content (AvgIpc) is 3.74. The van der Waals surface area contributed by atoms with E-state index in [9.17, 15) is 9.59 Å². The summed E-state index contributed by atoms with van der Waals surface area (Å²) in [7, 11) is 0. The van der Waals surface area contributed by atoms with Crippen molar-refractivity contribution in [2.24, 2.45) is 5.92 Å². The van der Waals surface area contributed by atoms with Crippen LogP contribution in [0.5, 0.6) is 5.75 Å². The molecule has 0 bridgehead atoms. The van der Waals surface area contributed by atoms with Crippen LogP contribution in [0.15, 0.2) is 60.7 Å². The number of carbonyl (C=O) groups excluding carboxylic acids is 2. The largest absolute Gasteiger partial charge is 0.489 e. The van der Waals surface area contributed by atoms with Crippen LogP contribution in [0.1, 0.15) is 96.0 Å². The lowest BCUT2D eigenvalue weighted by Gasteiger charge is -2.22. The number of ether oxygens (including phenoxy) is 3. The van der Waals surface area contributed by atoms with E-state index in [1.165, 1.54) is 12.8 Å². The number of rotatable bonds is 11. The number of para-hydroxylation sites is 1. The lowest BCUT2D eigenvalue weighted by Crippen LogP contribution is -2.34. The smallest absolute Gasteiger partial charge is 0.408 e. The molecule has 4 rings (SSSR count). The Balaban J connectivity index is 1.57. The average molecular weight is 604 g/mol. The Bertz CT molecular complexity index is 1470. The molecular weight excluding hydrogens is 557 g/mol. The fourth-order valence-corrected chi connectivity index (χ4v) is 5.08. The summed E-state index contributed by atoms with van der Waals surface area (Å²) in [5, 5.41) is 2.75. The van der Waals surface area contributed by atoms with Crippen molar-refractivity contribution in [3.05, 3.63) is 88.7 Å². The minimum absolute atomic E-state index is 0.105. The van der Waals surface area contributed by atoms with Gasteiger partial charge in [-0.05, 0) is 96.0 Å². The molecule has 0 aromatic heterocycles. The molecule has 7 heteroatoms. The summed E-state index contributed by atoms with van der Waals surface area (Å²) in [5.74, 6) is 0.671. The highest BCUT2D eigenvalue weighted by atomic mass is 19.1. The summed E-state index contributed by atoms with van der Waals surface area (Å²) < 4.78 is 33.2. The number of esters is 1. The molecule has 1 atom stereocenters. The summed E-state index contributed by atoms with van der Waals surface area (Å²) in [4.78, 5) is 24.9. The Morgan fingerprint density at radius 2 is 1.59 bits per heavy atom. The number of alkyl carbamates (subject to hydrolysis) is 1. The second-order valence-corrected chi connectivity index (χ2v) is 13.8. The highest BCUT2D eigenvalue weighted by molar-refractivity contribution is 5.74. The van der Waals surface area contributed by atoms with Gasteiger partial charge < -0.3 is 19.5 Å². The molecule has 1 amide bonds. The lowest BCUT2D eigenvalue weighted by atomic mass is 9.94. The summed E-state index contributed by atoms with van der Waals surface area (Å²) in [6.45, 7) is 12.9. The third kappa shape index (κ3) is 10.1. The van der Waals surface area contributed by atoms with Crippen molar-refractivity contribution in [1.82, 2.24) is 5.32 Å². The number of benzene rings is 3. The third-order valence-corrected chi connectivity index (χ3v) is 7.25. The van der Waals surface area contributed by atoms with E-state index in [4.69, 9.17) is 14.2 Å². The van der Waals surface area contributed by atoms with Crippen molar-refractivity contribution in [2.75, 3.05) is 0 Å². The first kappa shape index (κ1) is 33.0. The van der Waals surface area contributed by atoms with Crippen LogP contribution in [0.2, 0.25) is 0 Å². The first-order valence-corrected chi connectivity index (χ1v) is 15.5. The summed E-state index contributed by atoms with van der Waals surface area (Å²) in [6.07, 6.45) is 4.05. The molecule has 1 saturated carbocycles. The maximum absolute atomic E-state index is 16.1. The molecule has 3 aromatic carbocycles. The first-order chi connectivity index (χ1) is 20.7. The zero-order valence-electron chi connectivity index (χ0n) is 27.1. The number of hydrogen-bond acceptors (Lipinski definition) is 5. The van der Waals surface area contributed by atoms with Crippen LogP contribution in [0.25, 0.3) is 11.1 Å². The maximum atomic E-state index is 16.1. The fourth-order valence-electron chi connectivity index (χ4n) is 5.08. The normalized spacial score (nSPS) is 14.1. The number of halogens is 1. The van der Waals surface area contributed by atoms with Crippen molar-refractivity contribution < 1.29 is 28.2 Å².